The van der Waals surface area contributed by atoms with E-state index in [1.165, 1.54) is 17.7 Å². The first-order valence-electron chi connectivity index (χ1n) is 9.15. The van der Waals surface area contributed by atoms with Crippen LogP contribution in [0.15, 0.2) is 29.4 Å². The first-order valence-corrected chi connectivity index (χ1v) is 9.15. The van der Waals surface area contributed by atoms with Crippen molar-refractivity contribution in [1.29, 1.82) is 0 Å². The van der Waals surface area contributed by atoms with Gasteiger partial charge in [-0.15, -0.1) is 24.0 Å². The second-order valence-electron chi connectivity index (χ2n) is 7.03. The third-order valence-corrected chi connectivity index (χ3v) is 5.13. The predicted molar refractivity (Wildman–Crippen MR) is 121 cm³/mol. The minimum absolute atomic E-state index is 0. The average molecular weight is 488 g/mol. The minimum atomic E-state index is -0.216. The normalized spacial score (nSPS) is 19.1. The molecule has 150 valence electrons. The standard InChI is InChI=1S/C19H29FN6.HI/c1-21-19(24-12-16-13-25(2)8-9-26(16)3)22-7-6-14-11-23-18-10-15(20)4-5-17(14)18;/h4-5,10-11,16,23H,6-9,12-13H2,1-3H3,(H2,21,22,24);1H. The van der Waals surface area contributed by atoms with Crippen molar-refractivity contribution in [3.63, 3.8) is 0 Å². The zero-order chi connectivity index (χ0) is 18.5. The second kappa shape index (κ2) is 10.2. The molecule has 2 aromatic rings. The van der Waals surface area contributed by atoms with Gasteiger partial charge >= 0.3 is 0 Å². The number of rotatable bonds is 5. The number of nitrogens with zero attached hydrogens (tertiary/aromatic N) is 3. The molecule has 1 aliphatic rings. The monoisotopic (exact) mass is 488 g/mol. The molecule has 1 aromatic carbocycles. The number of aliphatic imine (C=N–C) groups is 1. The highest BCUT2D eigenvalue weighted by atomic mass is 127. The van der Waals surface area contributed by atoms with Crippen molar-refractivity contribution in [3.05, 3.63) is 35.8 Å². The molecular formula is C19H30FIN6. The van der Waals surface area contributed by atoms with E-state index < -0.39 is 0 Å². The van der Waals surface area contributed by atoms with Gasteiger partial charge in [0.1, 0.15) is 5.82 Å². The lowest BCUT2D eigenvalue weighted by atomic mass is 10.1. The maximum atomic E-state index is 13.3. The summed E-state index contributed by atoms with van der Waals surface area (Å²) in [4.78, 5) is 12.2. The molecule has 1 atom stereocenters. The van der Waals surface area contributed by atoms with Gasteiger partial charge in [0.2, 0.25) is 0 Å². The van der Waals surface area contributed by atoms with Crippen LogP contribution in [0.25, 0.3) is 10.9 Å². The molecule has 6 nitrogen and oxygen atoms in total. The molecular weight excluding hydrogens is 458 g/mol. The Bertz CT molecular complexity index is 762. The SMILES string of the molecule is CN=C(NCCc1c[nH]c2cc(F)ccc12)NCC1CN(C)CCN1C.I. The summed E-state index contributed by atoms with van der Waals surface area (Å²) in [5.74, 6) is 0.601. The van der Waals surface area contributed by atoms with Gasteiger partial charge in [-0.25, -0.2) is 4.39 Å². The van der Waals surface area contributed by atoms with Gasteiger partial charge in [-0.05, 0) is 44.3 Å². The van der Waals surface area contributed by atoms with Crippen molar-refractivity contribution in [2.24, 2.45) is 4.99 Å². The molecule has 0 radical (unpaired) electrons. The van der Waals surface area contributed by atoms with Gasteiger partial charge in [0.05, 0.1) is 0 Å². The summed E-state index contributed by atoms with van der Waals surface area (Å²) in [6.07, 6.45) is 2.80. The average Bonchev–Trinajstić information content (AvgIpc) is 3.02. The Labute approximate surface area is 177 Å². The lowest BCUT2D eigenvalue weighted by Crippen LogP contribution is -2.55. The molecule has 0 aliphatic carbocycles. The van der Waals surface area contributed by atoms with E-state index in [1.807, 2.05) is 12.3 Å². The summed E-state index contributed by atoms with van der Waals surface area (Å²) in [5, 5.41) is 7.87. The van der Waals surface area contributed by atoms with Crippen molar-refractivity contribution in [1.82, 2.24) is 25.4 Å². The van der Waals surface area contributed by atoms with Gasteiger partial charge in [0, 0.05) is 62.9 Å². The summed E-state index contributed by atoms with van der Waals surface area (Å²) in [7, 11) is 6.13. The van der Waals surface area contributed by atoms with Gasteiger partial charge in [-0.1, -0.05) is 0 Å². The summed E-state index contributed by atoms with van der Waals surface area (Å²) in [6, 6.07) is 5.35. The van der Waals surface area contributed by atoms with E-state index in [-0.39, 0.29) is 29.8 Å². The van der Waals surface area contributed by atoms with E-state index in [4.69, 9.17) is 0 Å². The quantitative estimate of drug-likeness (QED) is 0.342. The maximum Gasteiger partial charge on any atom is 0.191 e. The van der Waals surface area contributed by atoms with E-state index in [9.17, 15) is 4.39 Å². The zero-order valence-electron chi connectivity index (χ0n) is 16.3. The number of aromatic amines is 1. The number of nitrogens with one attached hydrogen (secondary N) is 3. The Morgan fingerprint density at radius 3 is 2.89 bits per heavy atom. The van der Waals surface area contributed by atoms with Crippen molar-refractivity contribution in [2.75, 3.05) is 53.9 Å². The van der Waals surface area contributed by atoms with E-state index in [0.717, 1.165) is 56.0 Å². The van der Waals surface area contributed by atoms with Crippen LogP contribution in [0.1, 0.15) is 5.56 Å². The Morgan fingerprint density at radius 1 is 1.30 bits per heavy atom. The van der Waals surface area contributed by atoms with Crippen LogP contribution in [0.3, 0.4) is 0 Å². The zero-order valence-corrected chi connectivity index (χ0v) is 18.6. The molecule has 1 aromatic heterocycles. The number of benzene rings is 1. The van der Waals surface area contributed by atoms with Crippen LogP contribution in [0.5, 0.6) is 0 Å². The molecule has 1 fully saturated rings. The summed E-state index contributed by atoms with van der Waals surface area (Å²) in [5.41, 5.74) is 2.02. The number of hydrogen-bond acceptors (Lipinski definition) is 3. The number of guanidine groups is 1. The first-order chi connectivity index (χ1) is 12.6. The Hall–Kier alpha value is -1.39. The molecule has 0 saturated carbocycles. The molecule has 2 heterocycles. The van der Waals surface area contributed by atoms with Crippen LogP contribution in [0.2, 0.25) is 0 Å². The molecule has 1 aliphatic heterocycles. The van der Waals surface area contributed by atoms with Crippen molar-refractivity contribution in [3.8, 4) is 0 Å². The molecule has 0 spiro atoms. The summed E-state index contributed by atoms with van der Waals surface area (Å²) < 4.78 is 13.3. The van der Waals surface area contributed by atoms with E-state index in [1.54, 1.807) is 7.05 Å². The first kappa shape index (κ1) is 21.9. The van der Waals surface area contributed by atoms with Crippen molar-refractivity contribution in [2.45, 2.75) is 12.5 Å². The third-order valence-electron chi connectivity index (χ3n) is 5.13. The number of hydrogen-bond donors (Lipinski definition) is 3. The van der Waals surface area contributed by atoms with Crippen LogP contribution in [0, 0.1) is 5.82 Å². The predicted octanol–water partition coefficient (Wildman–Crippen LogP) is 1.88. The van der Waals surface area contributed by atoms with Crippen molar-refractivity contribution < 1.29 is 4.39 Å². The summed E-state index contributed by atoms with van der Waals surface area (Å²) in [6.45, 7) is 4.91. The van der Waals surface area contributed by atoms with E-state index in [2.05, 4.69) is 44.5 Å². The lowest BCUT2D eigenvalue weighted by Gasteiger charge is -2.37. The fourth-order valence-corrected chi connectivity index (χ4v) is 3.44. The fraction of sp³-hybridized carbons (Fsp3) is 0.526. The molecule has 3 N–H and O–H groups in total. The number of piperazine rings is 1. The molecule has 8 heteroatoms. The highest BCUT2D eigenvalue weighted by molar-refractivity contribution is 14.0. The van der Waals surface area contributed by atoms with Crippen LogP contribution < -0.4 is 10.6 Å². The molecule has 0 bridgehead atoms. The van der Waals surface area contributed by atoms with Crippen molar-refractivity contribution >= 4 is 40.8 Å². The Balaban J connectivity index is 0.00000261. The smallest absolute Gasteiger partial charge is 0.191 e. The fourth-order valence-electron chi connectivity index (χ4n) is 3.44. The topological polar surface area (TPSA) is 58.7 Å². The highest BCUT2D eigenvalue weighted by Crippen LogP contribution is 2.19. The number of fused-ring (bicyclic) bond motifs is 1. The van der Waals surface area contributed by atoms with Crippen LogP contribution in [-0.2, 0) is 6.42 Å². The second-order valence-corrected chi connectivity index (χ2v) is 7.03. The van der Waals surface area contributed by atoms with Gasteiger partial charge < -0.3 is 20.5 Å². The number of aromatic nitrogens is 1. The van der Waals surface area contributed by atoms with Crippen LogP contribution >= 0.6 is 24.0 Å². The summed E-state index contributed by atoms with van der Waals surface area (Å²) >= 11 is 0. The van der Waals surface area contributed by atoms with E-state index in [0.29, 0.717) is 6.04 Å². The largest absolute Gasteiger partial charge is 0.361 e. The lowest BCUT2D eigenvalue weighted by molar-refractivity contribution is 0.116. The third kappa shape index (κ3) is 5.79. The molecule has 27 heavy (non-hydrogen) atoms. The van der Waals surface area contributed by atoms with Gasteiger partial charge in [0.25, 0.3) is 0 Å². The molecule has 1 saturated heterocycles. The highest BCUT2D eigenvalue weighted by Gasteiger charge is 2.21. The van der Waals surface area contributed by atoms with Crippen LogP contribution in [-0.4, -0.2) is 80.7 Å². The number of halogens is 2. The molecule has 1 unspecified atom stereocenters. The van der Waals surface area contributed by atoms with Gasteiger partial charge in [0.15, 0.2) is 5.96 Å². The maximum absolute atomic E-state index is 13.3. The Morgan fingerprint density at radius 2 is 2.11 bits per heavy atom. The van der Waals surface area contributed by atoms with E-state index >= 15 is 0 Å². The van der Waals surface area contributed by atoms with Crippen LogP contribution in [0.4, 0.5) is 4.39 Å². The van der Waals surface area contributed by atoms with Gasteiger partial charge in [-0.3, -0.25) is 9.89 Å². The number of likely N-dealkylation sites (N-methyl/N-ethyl adjacent to an activating group) is 2. The molecule has 0 amide bonds. The van der Waals surface area contributed by atoms with Gasteiger partial charge in [-0.2, -0.15) is 0 Å². The minimum Gasteiger partial charge on any atom is -0.361 e. The molecule has 3 rings (SSSR count). The number of H-pyrrole nitrogens is 1. The Kier molecular flexibility index (Phi) is 8.30.